The van der Waals surface area contributed by atoms with Crippen molar-refractivity contribution >= 4 is 21.5 Å². The lowest BCUT2D eigenvalue weighted by molar-refractivity contribution is -0.401. The Kier molecular flexibility index (Phi) is 4.31. The first kappa shape index (κ1) is 17.4. The van der Waals surface area contributed by atoms with Crippen LogP contribution in [-0.4, -0.2) is 19.1 Å². The van der Waals surface area contributed by atoms with E-state index in [9.17, 15) is 23.3 Å². The Bertz CT molecular complexity index is 1110. The van der Waals surface area contributed by atoms with E-state index in [1.165, 1.54) is 30.3 Å². The minimum absolute atomic E-state index is 0.0678. The lowest BCUT2D eigenvalue weighted by Crippen LogP contribution is -2.07. The van der Waals surface area contributed by atoms with Gasteiger partial charge in [0.25, 0.3) is 0 Å². The van der Waals surface area contributed by atoms with Crippen LogP contribution in [-0.2, 0) is 9.84 Å². The Labute approximate surface area is 147 Å². The van der Waals surface area contributed by atoms with Gasteiger partial charge in [-0.3, -0.25) is 14.9 Å². The Balaban J connectivity index is 2.28. The molecule has 0 aliphatic carbocycles. The number of ketones is 1. The molecule has 0 fully saturated rings. The molecule has 0 N–H and O–H groups in total. The summed E-state index contributed by atoms with van der Waals surface area (Å²) in [5.74, 6) is -1.87. The first-order valence-corrected chi connectivity index (χ1v) is 8.67. The van der Waals surface area contributed by atoms with E-state index in [-0.39, 0.29) is 16.2 Å². The number of hydrogen-bond donors (Lipinski definition) is 0. The second-order valence-corrected chi connectivity index (χ2v) is 6.97. The highest BCUT2D eigenvalue weighted by Crippen LogP contribution is 2.37. The zero-order valence-corrected chi connectivity index (χ0v) is 13.9. The van der Waals surface area contributed by atoms with Gasteiger partial charge in [-0.2, -0.15) is 0 Å². The molecule has 2 aromatic heterocycles. The van der Waals surface area contributed by atoms with Gasteiger partial charge in [0, 0.05) is 0 Å². The summed E-state index contributed by atoms with van der Waals surface area (Å²) in [6, 6.07) is 9.73. The van der Waals surface area contributed by atoms with Gasteiger partial charge in [-0.15, -0.1) is 0 Å². The maximum atomic E-state index is 13.0. The maximum absolute atomic E-state index is 13.0. The smallest absolute Gasteiger partial charge is 0.433 e. The molecule has 2 heterocycles. The van der Waals surface area contributed by atoms with Gasteiger partial charge in [0.15, 0.2) is 5.76 Å². The van der Waals surface area contributed by atoms with E-state index in [4.69, 9.17) is 8.83 Å². The van der Waals surface area contributed by atoms with Gasteiger partial charge in [-0.25, -0.2) is 8.42 Å². The Morgan fingerprint density at radius 2 is 1.85 bits per heavy atom. The van der Waals surface area contributed by atoms with Gasteiger partial charge in [-0.1, -0.05) is 24.8 Å². The molecule has 3 rings (SSSR count). The third kappa shape index (κ3) is 2.84. The molecule has 0 aliphatic rings. The van der Waals surface area contributed by atoms with Gasteiger partial charge < -0.3 is 8.83 Å². The van der Waals surface area contributed by atoms with E-state index in [2.05, 4.69) is 6.58 Å². The zero-order chi connectivity index (χ0) is 18.9. The van der Waals surface area contributed by atoms with Gasteiger partial charge in [0.2, 0.25) is 15.6 Å². The fraction of sp³-hybridized carbons (Fsp3) is 0. The van der Waals surface area contributed by atoms with Crippen LogP contribution in [0.2, 0.25) is 0 Å². The molecule has 3 aromatic rings. The predicted octanol–water partition coefficient (Wildman–Crippen LogP) is 3.65. The number of sulfone groups is 1. The topological polar surface area (TPSA) is 121 Å². The average Bonchev–Trinajstić information content (AvgIpc) is 3.28. The summed E-state index contributed by atoms with van der Waals surface area (Å²) in [6.07, 6.45) is 1.92. The van der Waals surface area contributed by atoms with E-state index in [1.54, 1.807) is 6.07 Å². The van der Waals surface area contributed by atoms with Crippen molar-refractivity contribution in [2.45, 2.75) is 9.79 Å². The number of nitrogens with zero attached hydrogens (tertiary/aromatic N) is 1. The highest BCUT2D eigenvalue weighted by Gasteiger charge is 2.33. The first-order valence-electron chi connectivity index (χ1n) is 7.19. The molecule has 0 unspecified atom stereocenters. The standard InChI is InChI=1S/C17H11NO7S/c1-2-13(19)16-17(26(22,23)11-6-4-3-5-7-11)12(10-24-16)14-8-9-15(25-14)18(20)21/h2-10H,1H2. The second kappa shape index (κ2) is 6.45. The highest BCUT2D eigenvalue weighted by molar-refractivity contribution is 7.91. The molecule has 0 amide bonds. The van der Waals surface area contributed by atoms with Crippen molar-refractivity contribution in [3.05, 3.63) is 77.3 Å². The molecule has 9 heteroatoms. The molecular formula is C17H11NO7S. The van der Waals surface area contributed by atoms with Crippen molar-refractivity contribution in [2.75, 3.05) is 0 Å². The lowest BCUT2D eigenvalue weighted by atomic mass is 10.2. The first-order chi connectivity index (χ1) is 12.4. The van der Waals surface area contributed by atoms with Crippen LogP contribution in [0, 0.1) is 10.1 Å². The van der Waals surface area contributed by atoms with Crippen LogP contribution in [0.4, 0.5) is 5.88 Å². The number of allylic oxidation sites excluding steroid dienone is 1. The van der Waals surface area contributed by atoms with Crippen LogP contribution in [0.25, 0.3) is 11.3 Å². The number of rotatable bonds is 6. The van der Waals surface area contributed by atoms with Gasteiger partial charge >= 0.3 is 5.88 Å². The van der Waals surface area contributed by atoms with Gasteiger partial charge in [-0.05, 0) is 24.3 Å². The van der Waals surface area contributed by atoms with Crippen molar-refractivity contribution < 1.29 is 27.0 Å². The molecule has 8 nitrogen and oxygen atoms in total. The van der Waals surface area contributed by atoms with Crippen molar-refractivity contribution in [2.24, 2.45) is 0 Å². The summed E-state index contributed by atoms with van der Waals surface area (Å²) in [7, 11) is -4.16. The summed E-state index contributed by atoms with van der Waals surface area (Å²) in [5, 5.41) is 10.8. The Morgan fingerprint density at radius 3 is 2.42 bits per heavy atom. The molecular weight excluding hydrogens is 362 g/mol. The van der Waals surface area contributed by atoms with E-state index < -0.39 is 37.1 Å². The van der Waals surface area contributed by atoms with Crippen molar-refractivity contribution in [1.29, 1.82) is 0 Å². The maximum Gasteiger partial charge on any atom is 0.433 e. The quantitative estimate of drug-likeness (QED) is 0.280. The molecule has 0 spiro atoms. The summed E-state index contributed by atoms with van der Waals surface area (Å²) in [5.41, 5.74) is -0.0906. The molecule has 0 saturated carbocycles. The second-order valence-electron chi connectivity index (χ2n) is 5.09. The third-order valence-corrected chi connectivity index (χ3v) is 5.35. The van der Waals surface area contributed by atoms with Crippen LogP contribution in [0.3, 0.4) is 0 Å². The summed E-state index contributed by atoms with van der Waals surface area (Å²) in [4.78, 5) is 21.6. The Hall–Kier alpha value is -3.46. The normalized spacial score (nSPS) is 11.2. The predicted molar refractivity (Wildman–Crippen MR) is 89.5 cm³/mol. The third-order valence-electron chi connectivity index (χ3n) is 3.51. The van der Waals surface area contributed by atoms with Crippen molar-refractivity contribution in [3.8, 4) is 11.3 Å². The van der Waals surface area contributed by atoms with E-state index in [0.29, 0.717) is 0 Å². The number of furan rings is 2. The number of carbonyl (C=O) groups is 1. The molecule has 0 saturated heterocycles. The van der Waals surface area contributed by atoms with Crippen LogP contribution < -0.4 is 0 Å². The molecule has 0 aliphatic heterocycles. The molecule has 0 bridgehead atoms. The van der Waals surface area contributed by atoms with E-state index >= 15 is 0 Å². The largest absolute Gasteiger partial charge is 0.459 e. The monoisotopic (exact) mass is 373 g/mol. The summed E-state index contributed by atoms with van der Waals surface area (Å²) in [6.45, 7) is 3.33. The van der Waals surface area contributed by atoms with Crippen LogP contribution in [0.5, 0.6) is 0 Å². The number of carbonyl (C=O) groups excluding carboxylic acids is 1. The fourth-order valence-corrected chi connectivity index (χ4v) is 3.92. The Morgan fingerprint density at radius 1 is 1.15 bits per heavy atom. The molecule has 1 aromatic carbocycles. The van der Waals surface area contributed by atoms with Crippen molar-refractivity contribution in [1.82, 2.24) is 0 Å². The lowest BCUT2D eigenvalue weighted by Gasteiger charge is -2.05. The molecule has 132 valence electrons. The molecule has 0 radical (unpaired) electrons. The number of nitro groups is 1. The van der Waals surface area contributed by atoms with Crippen molar-refractivity contribution in [3.63, 3.8) is 0 Å². The van der Waals surface area contributed by atoms with Crippen LogP contribution >= 0.6 is 0 Å². The summed E-state index contributed by atoms with van der Waals surface area (Å²) < 4.78 is 36.3. The van der Waals surface area contributed by atoms with Gasteiger partial charge in [0.05, 0.1) is 16.5 Å². The minimum atomic E-state index is -4.16. The zero-order valence-electron chi connectivity index (χ0n) is 13.1. The number of hydrogen-bond acceptors (Lipinski definition) is 7. The molecule has 26 heavy (non-hydrogen) atoms. The van der Waals surface area contributed by atoms with Gasteiger partial charge in [0.1, 0.15) is 21.8 Å². The summed E-state index contributed by atoms with van der Waals surface area (Å²) >= 11 is 0. The van der Waals surface area contributed by atoms with E-state index in [1.807, 2.05) is 0 Å². The van der Waals surface area contributed by atoms with E-state index in [0.717, 1.165) is 18.4 Å². The van der Waals surface area contributed by atoms with Crippen LogP contribution in [0.1, 0.15) is 10.6 Å². The van der Waals surface area contributed by atoms with Crippen LogP contribution in [0.15, 0.2) is 80.0 Å². The highest BCUT2D eigenvalue weighted by atomic mass is 32.2. The average molecular weight is 373 g/mol. The number of benzene rings is 1. The minimum Gasteiger partial charge on any atom is -0.459 e. The fourth-order valence-electron chi connectivity index (χ4n) is 2.33. The SMILES string of the molecule is C=CC(=O)c1occ(-c2ccc([N+](=O)[O-])o2)c1S(=O)(=O)c1ccccc1. The molecule has 0 atom stereocenters.